The number of alkyl halides is 3. The molecule has 0 atom stereocenters. The molecule has 1 aliphatic heterocycles. The number of fused-ring (bicyclic) bond motifs is 1. The quantitative estimate of drug-likeness (QED) is 0.617. The minimum atomic E-state index is -4.31. The normalized spacial score (nSPS) is 16.7. The van der Waals surface area contributed by atoms with E-state index in [-0.39, 0.29) is 12.1 Å². The summed E-state index contributed by atoms with van der Waals surface area (Å²) in [4.78, 5) is 4.31. The van der Waals surface area contributed by atoms with Crippen LogP contribution in [0.15, 0.2) is 16.4 Å². The van der Waals surface area contributed by atoms with Crippen LogP contribution in [0.1, 0.15) is 10.4 Å². The van der Waals surface area contributed by atoms with Crippen LogP contribution < -0.4 is 0 Å². The fraction of sp³-hybridized carbons (Fsp3) is 0.375. The van der Waals surface area contributed by atoms with Gasteiger partial charge < -0.3 is 0 Å². The minimum Gasteiger partial charge on any atom is -0.280 e. The number of hydrogen-bond acceptors (Lipinski definition) is 2. The van der Waals surface area contributed by atoms with Crippen LogP contribution in [0.3, 0.4) is 0 Å². The van der Waals surface area contributed by atoms with Gasteiger partial charge >= 0.3 is 6.18 Å². The van der Waals surface area contributed by atoms with Crippen LogP contribution in [0.2, 0.25) is 0 Å². The molecule has 70 valence electrons. The van der Waals surface area contributed by atoms with Crippen LogP contribution in [-0.2, 0) is 6.42 Å². The Balaban J connectivity index is 2.47. The smallest absolute Gasteiger partial charge is 0.280 e. The van der Waals surface area contributed by atoms with Crippen molar-refractivity contribution in [1.29, 1.82) is 0 Å². The summed E-state index contributed by atoms with van der Waals surface area (Å²) < 4.78 is 37.1. The van der Waals surface area contributed by atoms with E-state index < -0.39 is 11.9 Å². The SMILES string of the molecule is FC(F)(F)C1=NCCc2sccc21. The molecule has 1 aromatic heterocycles. The molecule has 0 saturated carbocycles. The van der Waals surface area contributed by atoms with Crippen molar-refractivity contribution in [3.63, 3.8) is 0 Å². The van der Waals surface area contributed by atoms with Crippen LogP contribution in [0, 0.1) is 0 Å². The fourth-order valence-corrected chi connectivity index (χ4v) is 2.21. The predicted octanol–water partition coefficient (Wildman–Crippen LogP) is 2.66. The molecule has 0 fully saturated rings. The van der Waals surface area contributed by atoms with Gasteiger partial charge in [-0.05, 0) is 11.4 Å². The van der Waals surface area contributed by atoms with Crippen LogP contribution in [0.5, 0.6) is 0 Å². The molecule has 1 nitrogen and oxygen atoms in total. The molecule has 0 saturated heterocycles. The van der Waals surface area contributed by atoms with E-state index in [9.17, 15) is 13.2 Å². The first-order valence-corrected chi connectivity index (χ1v) is 4.65. The first-order chi connectivity index (χ1) is 6.09. The van der Waals surface area contributed by atoms with Crippen LogP contribution in [-0.4, -0.2) is 18.4 Å². The van der Waals surface area contributed by atoms with Gasteiger partial charge in [-0.2, -0.15) is 13.2 Å². The van der Waals surface area contributed by atoms with Crippen LogP contribution in [0.4, 0.5) is 13.2 Å². The molecule has 0 amide bonds. The Hall–Kier alpha value is -0.840. The highest BCUT2D eigenvalue weighted by molar-refractivity contribution is 7.10. The first kappa shape index (κ1) is 8.74. The summed E-state index contributed by atoms with van der Waals surface area (Å²) in [5.41, 5.74) is -0.446. The third kappa shape index (κ3) is 1.48. The summed E-state index contributed by atoms with van der Waals surface area (Å²) in [6, 6.07) is 1.49. The molecule has 0 unspecified atom stereocenters. The predicted molar refractivity (Wildman–Crippen MR) is 45.5 cm³/mol. The van der Waals surface area contributed by atoms with E-state index in [0.717, 1.165) is 4.88 Å². The summed E-state index contributed by atoms with van der Waals surface area (Å²) in [7, 11) is 0. The van der Waals surface area contributed by atoms with Crippen molar-refractivity contribution in [3.8, 4) is 0 Å². The summed E-state index contributed by atoms with van der Waals surface area (Å²) >= 11 is 1.36. The zero-order chi connectivity index (χ0) is 9.47. The Morgan fingerprint density at radius 2 is 2.15 bits per heavy atom. The standard InChI is InChI=1S/C8H6F3NS/c9-8(10,11)7-5-2-4-13-6(5)1-3-12-7/h2,4H,1,3H2. The molecule has 0 aliphatic carbocycles. The van der Waals surface area contributed by atoms with Gasteiger partial charge in [0.2, 0.25) is 0 Å². The Labute approximate surface area is 76.9 Å². The number of halogens is 3. The van der Waals surface area contributed by atoms with E-state index >= 15 is 0 Å². The fourth-order valence-electron chi connectivity index (χ4n) is 1.34. The highest BCUT2D eigenvalue weighted by atomic mass is 32.1. The average Bonchev–Trinajstić information content (AvgIpc) is 2.48. The van der Waals surface area contributed by atoms with Gasteiger partial charge in [0.1, 0.15) is 5.71 Å². The number of thiophene rings is 1. The van der Waals surface area contributed by atoms with Gasteiger partial charge in [-0.15, -0.1) is 11.3 Å². The molecule has 1 aromatic rings. The third-order valence-corrected chi connectivity index (χ3v) is 2.86. The molecular formula is C8H6F3NS. The highest BCUT2D eigenvalue weighted by Gasteiger charge is 2.39. The second-order valence-corrected chi connectivity index (χ2v) is 3.74. The lowest BCUT2D eigenvalue weighted by molar-refractivity contribution is -0.0583. The van der Waals surface area contributed by atoms with E-state index in [1.165, 1.54) is 17.4 Å². The maximum absolute atomic E-state index is 12.4. The lowest BCUT2D eigenvalue weighted by atomic mass is 10.1. The van der Waals surface area contributed by atoms with Crippen molar-refractivity contribution in [3.05, 3.63) is 21.9 Å². The van der Waals surface area contributed by atoms with E-state index in [4.69, 9.17) is 0 Å². The van der Waals surface area contributed by atoms with E-state index in [0.29, 0.717) is 6.42 Å². The van der Waals surface area contributed by atoms with E-state index in [2.05, 4.69) is 4.99 Å². The van der Waals surface area contributed by atoms with Crippen molar-refractivity contribution in [2.45, 2.75) is 12.6 Å². The van der Waals surface area contributed by atoms with E-state index in [1.807, 2.05) is 0 Å². The van der Waals surface area contributed by atoms with Gasteiger partial charge in [-0.3, -0.25) is 4.99 Å². The average molecular weight is 205 g/mol. The van der Waals surface area contributed by atoms with Crippen LogP contribution in [0.25, 0.3) is 0 Å². The van der Waals surface area contributed by atoms with E-state index in [1.54, 1.807) is 5.38 Å². The van der Waals surface area contributed by atoms with Crippen molar-refractivity contribution >= 4 is 17.0 Å². The van der Waals surface area contributed by atoms with Crippen molar-refractivity contribution < 1.29 is 13.2 Å². The summed E-state index contributed by atoms with van der Waals surface area (Å²) in [5, 5.41) is 1.68. The molecular weight excluding hydrogens is 199 g/mol. The lowest BCUT2D eigenvalue weighted by Crippen LogP contribution is -2.27. The van der Waals surface area contributed by atoms with Crippen molar-refractivity contribution in [2.75, 3.05) is 6.54 Å². The van der Waals surface area contributed by atoms with Gasteiger partial charge in [0, 0.05) is 23.4 Å². The molecule has 2 heterocycles. The summed E-state index contributed by atoms with van der Waals surface area (Å²) in [5.74, 6) is 0. The first-order valence-electron chi connectivity index (χ1n) is 3.77. The molecule has 5 heteroatoms. The largest absolute Gasteiger partial charge is 0.433 e. The zero-order valence-corrected chi connectivity index (χ0v) is 7.37. The van der Waals surface area contributed by atoms with Crippen LogP contribution >= 0.6 is 11.3 Å². The highest BCUT2D eigenvalue weighted by Crippen LogP contribution is 2.30. The topological polar surface area (TPSA) is 12.4 Å². The summed E-state index contributed by atoms with van der Waals surface area (Å²) in [6.07, 6.45) is -3.68. The van der Waals surface area contributed by atoms with Crippen molar-refractivity contribution in [2.24, 2.45) is 4.99 Å². The number of rotatable bonds is 0. The second kappa shape index (κ2) is 2.83. The molecule has 13 heavy (non-hydrogen) atoms. The van der Waals surface area contributed by atoms with Gasteiger partial charge in [0.15, 0.2) is 0 Å². The van der Waals surface area contributed by atoms with Gasteiger partial charge in [-0.1, -0.05) is 0 Å². The number of nitrogens with zero attached hydrogens (tertiary/aromatic N) is 1. The van der Waals surface area contributed by atoms with Gasteiger partial charge in [0.05, 0.1) is 0 Å². The molecule has 0 radical (unpaired) electrons. The minimum absolute atomic E-state index is 0.252. The van der Waals surface area contributed by atoms with Gasteiger partial charge in [0.25, 0.3) is 0 Å². The lowest BCUT2D eigenvalue weighted by Gasteiger charge is -2.14. The Morgan fingerprint density at radius 3 is 2.85 bits per heavy atom. The molecule has 0 N–H and O–H groups in total. The maximum atomic E-state index is 12.4. The Bertz CT molecular complexity index is 351. The Kier molecular flexibility index (Phi) is 1.91. The molecule has 0 spiro atoms. The van der Waals surface area contributed by atoms with Crippen molar-refractivity contribution in [1.82, 2.24) is 0 Å². The number of aliphatic imine (C=N–C) groups is 1. The second-order valence-electron chi connectivity index (χ2n) is 2.74. The monoisotopic (exact) mass is 205 g/mol. The Morgan fingerprint density at radius 1 is 1.38 bits per heavy atom. The molecule has 0 aromatic carbocycles. The summed E-state index contributed by atoms with van der Waals surface area (Å²) in [6.45, 7) is 0.252. The molecule has 1 aliphatic rings. The molecule has 2 rings (SSSR count). The third-order valence-electron chi connectivity index (χ3n) is 1.88. The number of hydrogen-bond donors (Lipinski definition) is 0. The zero-order valence-electron chi connectivity index (χ0n) is 6.56. The maximum Gasteiger partial charge on any atom is 0.433 e. The molecule has 0 bridgehead atoms. The van der Waals surface area contributed by atoms with Gasteiger partial charge in [-0.25, -0.2) is 0 Å².